The van der Waals surface area contributed by atoms with E-state index in [-0.39, 0.29) is 5.69 Å². The van der Waals surface area contributed by atoms with Crippen LogP contribution in [0.3, 0.4) is 0 Å². The third-order valence-electron chi connectivity index (χ3n) is 4.77. The lowest BCUT2D eigenvalue weighted by Crippen LogP contribution is -2.35. The summed E-state index contributed by atoms with van der Waals surface area (Å²) in [5.74, 6) is 0.770. The first kappa shape index (κ1) is 13.2. The Kier molecular flexibility index (Phi) is 3.51. The topological polar surface area (TPSA) is 72.4 Å². The molecule has 2 fully saturated rings. The summed E-state index contributed by atoms with van der Waals surface area (Å²) in [6.45, 7) is 1.02. The zero-order valence-electron chi connectivity index (χ0n) is 11.6. The van der Waals surface area contributed by atoms with E-state index in [1.54, 1.807) is 6.07 Å². The molecule has 1 heterocycles. The van der Waals surface area contributed by atoms with E-state index in [0.29, 0.717) is 11.7 Å². The Hall–Kier alpha value is -1.78. The number of nitro benzene ring substituents is 1. The molecular formula is C15H21N3O2. The number of non-ortho nitro benzene ring substituents is 1. The molecule has 1 aromatic rings. The molecule has 1 aromatic carbocycles. The highest BCUT2D eigenvalue weighted by Gasteiger charge is 2.34. The lowest BCUT2D eigenvalue weighted by molar-refractivity contribution is -0.384. The molecule has 1 unspecified atom stereocenters. The quantitative estimate of drug-likeness (QED) is 0.521. The molecule has 0 amide bonds. The molecule has 1 aliphatic carbocycles. The second-order valence-electron chi connectivity index (χ2n) is 5.95. The zero-order valence-corrected chi connectivity index (χ0v) is 11.6. The van der Waals surface area contributed by atoms with Gasteiger partial charge in [-0.05, 0) is 37.7 Å². The minimum absolute atomic E-state index is 0.0721. The van der Waals surface area contributed by atoms with Gasteiger partial charge in [-0.3, -0.25) is 10.1 Å². The summed E-state index contributed by atoms with van der Waals surface area (Å²) >= 11 is 0. The van der Waals surface area contributed by atoms with Crippen LogP contribution in [0.15, 0.2) is 18.2 Å². The summed E-state index contributed by atoms with van der Waals surface area (Å²) in [6, 6.07) is 5.44. The normalized spacial score (nSPS) is 23.4. The number of nitro groups is 1. The molecule has 0 spiro atoms. The predicted molar refractivity (Wildman–Crippen MR) is 79.8 cm³/mol. The molecule has 1 atom stereocenters. The van der Waals surface area contributed by atoms with E-state index in [0.717, 1.165) is 18.2 Å². The van der Waals surface area contributed by atoms with Crippen molar-refractivity contribution in [2.24, 2.45) is 5.92 Å². The van der Waals surface area contributed by atoms with E-state index in [1.165, 1.54) is 44.6 Å². The molecule has 0 aromatic heterocycles. The molecule has 2 N–H and O–H groups in total. The summed E-state index contributed by atoms with van der Waals surface area (Å²) in [5, 5.41) is 10.8. The molecule has 5 heteroatoms. The number of hydrogen-bond acceptors (Lipinski definition) is 4. The van der Waals surface area contributed by atoms with Crippen molar-refractivity contribution in [2.45, 2.75) is 44.6 Å². The van der Waals surface area contributed by atoms with Gasteiger partial charge in [0.15, 0.2) is 0 Å². The molecule has 2 aliphatic rings. The Labute approximate surface area is 118 Å². The van der Waals surface area contributed by atoms with E-state index >= 15 is 0 Å². The van der Waals surface area contributed by atoms with Crippen molar-refractivity contribution in [2.75, 3.05) is 17.2 Å². The number of rotatable bonds is 3. The van der Waals surface area contributed by atoms with E-state index < -0.39 is 4.92 Å². The van der Waals surface area contributed by atoms with Crippen molar-refractivity contribution in [1.29, 1.82) is 0 Å². The van der Waals surface area contributed by atoms with E-state index in [4.69, 9.17) is 5.73 Å². The third-order valence-corrected chi connectivity index (χ3v) is 4.77. The van der Waals surface area contributed by atoms with Gasteiger partial charge < -0.3 is 10.6 Å². The van der Waals surface area contributed by atoms with Crippen LogP contribution in [0, 0.1) is 16.0 Å². The van der Waals surface area contributed by atoms with Crippen molar-refractivity contribution in [3.8, 4) is 0 Å². The van der Waals surface area contributed by atoms with Gasteiger partial charge in [0.1, 0.15) is 0 Å². The maximum Gasteiger partial charge on any atom is 0.271 e. The second-order valence-corrected chi connectivity index (χ2v) is 5.95. The van der Waals surface area contributed by atoms with E-state index in [2.05, 4.69) is 4.90 Å². The van der Waals surface area contributed by atoms with Gasteiger partial charge in [-0.25, -0.2) is 0 Å². The predicted octanol–water partition coefficient (Wildman–Crippen LogP) is 3.34. The molecule has 1 aliphatic heterocycles. The van der Waals surface area contributed by atoms with Crippen LogP contribution in [0.4, 0.5) is 17.1 Å². The highest BCUT2D eigenvalue weighted by molar-refractivity contribution is 5.71. The third kappa shape index (κ3) is 2.32. The lowest BCUT2D eigenvalue weighted by atomic mass is 9.95. The standard InChI is InChI=1S/C15H21N3O2/c16-13-10-12(18(19)20)7-8-15(13)17-9-3-6-14(17)11-4-1-2-5-11/h7-8,10-11,14H,1-6,9,16H2. The number of benzene rings is 1. The molecule has 5 nitrogen and oxygen atoms in total. The molecule has 108 valence electrons. The summed E-state index contributed by atoms with van der Waals surface area (Å²) in [6.07, 6.45) is 7.72. The van der Waals surface area contributed by atoms with Crippen molar-refractivity contribution in [3.63, 3.8) is 0 Å². The number of nitrogens with two attached hydrogens (primary N) is 1. The summed E-state index contributed by atoms with van der Waals surface area (Å²) in [4.78, 5) is 12.8. The maximum atomic E-state index is 10.8. The molecule has 1 saturated carbocycles. The van der Waals surface area contributed by atoms with Crippen molar-refractivity contribution in [3.05, 3.63) is 28.3 Å². The molecule has 0 radical (unpaired) electrons. The average Bonchev–Trinajstić information content (AvgIpc) is 3.09. The van der Waals surface area contributed by atoms with E-state index in [1.807, 2.05) is 6.07 Å². The summed E-state index contributed by atoms with van der Waals surface area (Å²) < 4.78 is 0. The van der Waals surface area contributed by atoms with Gasteiger partial charge in [-0.15, -0.1) is 0 Å². The first-order chi connectivity index (χ1) is 9.66. The van der Waals surface area contributed by atoms with Crippen LogP contribution in [0.2, 0.25) is 0 Å². The van der Waals surface area contributed by atoms with Crippen LogP contribution < -0.4 is 10.6 Å². The molecule has 20 heavy (non-hydrogen) atoms. The largest absolute Gasteiger partial charge is 0.397 e. The van der Waals surface area contributed by atoms with Gasteiger partial charge in [0.05, 0.1) is 16.3 Å². The minimum atomic E-state index is -0.390. The average molecular weight is 275 g/mol. The Morgan fingerprint density at radius 1 is 1.20 bits per heavy atom. The molecule has 0 bridgehead atoms. The van der Waals surface area contributed by atoms with Crippen LogP contribution in [-0.2, 0) is 0 Å². The summed E-state index contributed by atoms with van der Waals surface area (Å²) in [7, 11) is 0. The van der Waals surface area contributed by atoms with Crippen LogP contribution in [0.1, 0.15) is 38.5 Å². The fourth-order valence-corrected chi connectivity index (χ4v) is 3.84. The van der Waals surface area contributed by atoms with Crippen LogP contribution in [0.5, 0.6) is 0 Å². The van der Waals surface area contributed by atoms with Gasteiger partial charge in [0.25, 0.3) is 5.69 Å². The Morgan fingerprint density at radius 2 is 1.95 bits per heavy atom. The number of anilines is 2. The van der Waals surface area contributed by atoms with Crippen LogP contribution >= 0.6 is 0 Å². The first-order valence-electron chi connectivity index (χ1n) is 7.47. The molecular weight excluding hydrogens is 254 g/mol. The van der Waals surface area contributed by atoms with Gasteiger partial charge in [0.2, 0.25) is 0 Å². The molecule has 1 saturated heterocycles. The van der Waals surface area contributed by atoms with Gasteiger partial charge in [-0.1, -0.05) is 12.8 Å². The van der Waals surface area contributed by atoms with Crippen LogP contribution in [-0.4, -0.2) is 17.5 Å². The number of nitrogens with zero attached hydrogens (tertiary/aromatic N) is 2. The van der Waals surface area contributed by atoms with Crippen molar-refractivity contribution >= 4 is 17.1 Å². The highest BCUT2D eigenvalue weighted by atomic mass is 16.6. The van der Waals surface area contributed by atoms with Gasteiger partial charge in [-0.2, -0.15) is 0 Å². The summed E-state index contributed by atoms with van der Waals surface area (Å²) in [5.41, 5.74) is 7.63. The number of hydrogen-bond donors (Lipinski definition) is 1. The monoisotopic (exact) mass is 275 g/mol. The smallest absolute Gasteiger partial charge is 0.271 e. The minimum Gasteiger partial charge on any atom is -0.397 e. The SMILES string of the molecule is Nc1cc([N+](=O)[O-])ccc1N1CCCC1C1CCCC1. The van der Waals surface area contributed by atoms with Crippen molar-refractivity contribution in [1.82, 2.24) is 0 Å². The highest BCUT2D eigenvalue weighted by Crippen LogP contribution is 2.40. The number of nitrogen functional groups attached to an aromatic ring is 1. The van der Waals surface area contributed by atoms with Crippen molar-refractivity contribution < 1.29 is 4.92 Å². The maximum absolute atomic E-state index is 10.8. The fraction of sp³-hybridized carbons (Fsp3) is 0.600. The fourth-order valence-electron chi connectivity index (χ4n) is 3.84. The first-order valence-corrected chi connectivity index (χ1v) is 7.47. The van der Waals surface area contributed by atoms with Crippen LogP contribution in [0.25, 0.3) is 0 Å². The Morgan fingerprint density at radius 3 is 2.60 bits per heavy atom. The Balaban J connectivity index is 1.85. The van der Waals surface area contributed by atoms with E-state index in [9.17, 15) is 10.1 Å². The van der Waals surface area contributed by atoms with Gasteiger partial charge >= 0.3 is 0 Å². The lowest BCUT2D eigenvalue weighted by Gasteiger charge is -2.32. The second kappa shape index (κ2) is 5.31. The zero-order chi connectivity index (χ0) is 14.1. The molecule has 3 rings (SSSR count). The van der Waals surface area contributed by atoms with Gasteiger partial charge in [0, 0.05) is 24.7 Å². The Bertz CT molecular complexity index is 512.